The molecule has 0 fully saturated rings. The summed E-state index contributed by atoms with van der Waals surface area (Å²) >= 11 is 0. The molecule has 19 heavy (non-hydrogen) atoms. The van der Waals surface area contributed by atoms with Crippen molar-refractivity contribution >= 4 is 10.9 Å². The second-order valence-corrected chi connectivity index (χ2v) is 5.05. The van der Waals surface area contributed by atoms with E-state index in [1.807, 2.05) is 29.9 Å². The molecule has 100 valence electrons. The SMILES string of the molecule is CCCNC(C)(C#N)CCn1ncc2ccccc21. The summed E-state index contributed by atoms with van der Waals surface area (Å²) in [5.74, 6) is 0. The number of rotatable bonds is 6. The van der Waals surface area contributed by atoms with Crippen molar-refractivity contribution in [1.82, 2.24) is 15.1 Å². The summed E-state index contributed by atoms with van der Waals surface area (Å²) in [4.78, 5) is 0. The van der Waals surface area contributed by atoms with Crippen LogP contribution in [0.15, 0.2) is 30.5 Å². The maximum atomic E-state index is 9.31. The molecule has 0 radical (unpaired) electrons. The minimum Gasteiger partial charge on any atom is -0.300 e. The van der Waals surface area contributed by atoms with E-state index in [2.05, 4.69) is 35.5 Å². The summed E-state index contributed by atoms with van der Waals surface area (Å²) in [5.41, 5.74) is 0.640. The zero-order valence-electron chi connectivity index (χ0n) is 11.6. The van der Waals surface area contributed by atoms with Gasteiger partial charge in [-0.15, -0.1) is 0 Å². The molecule has 0 aliphatic rings. The molecule has 0 aliphatic heterocycles. The highest BCUT2D eigenvalue weighted by molar-refractivity contribution is 5.78. The van der Waals surface area contributed by atoms with Crippen LogP contribution in [0.5, 0.6) is 0 Å². The lowest BCUT2D eigenvalue weighted by molar-refractivity contribution is 0.386. The van der Waals surface area contributed by atoms with Crippen LogP contribution in [0.1, 0.15) is 26.7 Å². The zero-order valence-corrected chi connectivity index (χ0v) is 11.6. The summed E-state index contributed by atoms with van der Waals surface area (Å²) in [7, 11) is 0. The molecule has 0 aliphatic carbocycles. The molecule has 0 saturated heterocycles. The molecule has 1 heterocycles. The van der Waals surface area contributed by atoms with Crippen LogP contribution in [0.2, 0.25) is 0 Å². The van der Waals surface area contributed by atoms with Gasteiger partial charge in [-0.3, -0.25) is 10.00 Å². The van der Waals surface area contributed by atoms with Gasteiger partial charge < -0.3 is 0 Å². The molecule has 1 aromatic carbocycles. The highest BCUT2D eigenvalue weighted by Crippen LogP contribution is 2.16. The molecule has 1 unspecified atom stereocenters. The van der Waals surface area contributed by atoms with Crippen LogP contribution in [0.3, 0.4) is 0 Å². The van der Waals surface area contributed by atoms with E-state index < -0.39 is 5.54 Å². The smallest absolute Gasteiger partial charge is 0.105 e. The van der Waals surface area contributed by atoms with Crippen LogP contribution in [-0.2, 0) is 6.54 Å². The molecule has 4 heteroatoms. The van der Waals surface area contributed by atoms with Crippen LogP contribution in [0.4, 0.5) is 0 Å². The fraction of sp³-hybridized carbons (Fsp3) is 0.467. The Balaban J connectivity index is 2.07. The number of nitriles is 1. The lowest BCUT2D eigenvalue weighted by atomic mass is 10.00. The average molecular weight is 256 g/mol. The van der Waals surface area contributed by atoms with Crippen LogP contribution < -0.4 is 5.32 Å². The number of fused-ring (bicyclic) bond motifs is 1. The molecule has 0 amide bonds. The third-order valence-corrected chi connectivity index (χ3v) is 3.39. The summed E-state index contributed by atoms with van der Waals surface area (Å²) < 4.78 is 1.97. The van der Waals surface area contributed by atoms with E-state index in [0.29, 0.717) is 0 Å². The van der Waals surface area contributed by atoms with Crippen molar-refractivity contribution in [3.63, 3.8) is 0 Å². The van der Waals surface area contributed by atoms with E-state index in [9.17, 15) is 5.26 Å². The number of hydrogen-bond acceptors (Lipinski definition) is 3. The van der Waals surface area contributed by atoms with Gasteiger partial charge in [0.15, 0.2) is 0 Å². The van der Waals surface area contributed by atoms with E-state index in [4.69, 9.17) is 0 Å². The molecular formula is C15H20N4. The molecule has 0 bridgehead atoms. The Kier molecular flexibility index (Phi) is 4.18. The van der Waals surface area contributed by atoms with Crippen molar-refractivity contribution in [2.75, 3.05) is 6.54 Å². The molecular weight excluding hydrogens is 236 g/mol. The Hall–Kier alpha value is -1.86. The van der Waals surface area contributed by atoms with Crippen molar-refractivity contribution in [2.24, 2.45) is 0 Å². The van der Waals surface area contributed by atoms with Gasteiger partial charge in [-0.25, -0.2) is 0 Å². The minimum atomic E-state index is -0.483. The molecule has 0 saturated carbocycles. The number of nitrogens with one attached hydrogen (secondary N) is 1. The van der Waals surface area contributed by atoms with Crippen LogP contribution >= 0.6 is 0 Å². The standard InChI is InChI=1S/C15H20N4/c1-3-9-17-15(2,12-16)8-10-19-14-7-5-4-6-13(14)11-18-19/h4-7,11,17H,3,8-10H2,1-2H3. The number of aromatic nitrogens is 2. The third kappa shape index (κ3) is 3.12. The first-order valence-corrected chi connectivity index (χ1v) is 6.75. The molecule has 1 aromatic heterocycles. The Morgan fingerprint density at radius 1 is 1.42 bits per heavy atom. The number of nitrogens with zero attached hydrogens (tertiary/aromatic N) is 3. The summed E-state index contributed by atoms with van der Waals surface area (Å²) in [5, 5.41) is 18.1. The predicted molar refractivity (Wildman–Crippen MR) is 76.7 cm³/mol. The fourth-order valence-corrected chi connectivity index (χ4v) is 2.12. The van der Waals surface area contributed by atoms with Gasteiger partial charge >= 0.3 is 0 Å². The maximum absolute atomic E-state index is 9.31. The number of hydrogen-bond donors (Lipinski definition) is 1. The van der Waals surface area contributed by atoms with E-state index in [1.54, 1.807) is 0 Å². The van der Waals surface area contributed by atoms with Crippen molar-refractivity contribution in [2.45, 2.75) is 38.8 Å². The van der Waals surface area contributed by atoms with E-state index >= 15 is 0 Å². The number of aryl methyl sites for hydroxylation is 1. The first kappa shape index (κ1) is 13.6. The highest BCUT2D eigenvalue weighted by atomic mass is 15.3. The van der Waals surface area contributed by atoms with E-state index in [0.717, 1.165) is 36.8 Å². The van der Waals surface area contributed by atoms with Crippen molar-refractivity contribution in [3.8, 4) is 6.07 Å². The van der Waals surface area contributed by atoms with Gasteiger partial charge in [0.2, 0.25) is 0 Å². The normalized spacial score (nSPS) is 14.2. The molecule has 1 N–H and O–H groups in total. The largest absolute Gasteiger partial charge is 0.300 e. The van der Waals surface area contributed by atoms with Crippen LogP contribution in [0, 0.1) is 11.3 Å². The fourth-order valence-electron chi connectivity index (χ4n) is 2.12. The zero-order chi connectivity index (χ0) is 13.7. The number of para-hydroxylation sites is 1. The van der Waals surface area contributed by atoms with E-state index in [1.165, 1.54) is 0 Å². The quantitative estimate of drug-likeness (QED) is 0.864. The second-order valence-electron chi connectivity index (χ2n) is 5.05. The van der Waals surface area contributed by atoms with Gasteiger partial charge in [-0.1, -0.05) is 25.1 Å². The minimum absolute atomic E-state index is 0.483. The first-order chi connectivity index (χ1) is 9.18. The molecule has 2 aromatic rings. The predicted octanol–water partition coefficient (Wildman–Crippen LogP) is 2.71. The van der Waals surface area contributed by atoms with Gasteiger partial charge in [0.25, 0.3) is 0 Å². The van der Waals surface area contributed by atoms with Gasteiger partial charge in [0.1, 0.15) is 5.54 Å². The summed E-state index contributed by atoms with van der Waals surface area (Å²) in [6.07, 6.45) is 3.65. The molecule has 2 rings (SSSR count). The van der Waals surface area contributed by atoms with Gasteiger partial charge in [-0.05, 0) is 32.4 Å². The van der Waals surface area contributed by atoms with Crippen molar-refractivity contribution < 1.29 is 0 Å². The maximum Gasteiger partial charge on any atom is 0.105 e. The summed E-state index contributed by atoms with van der Waals surface area (Å²) in [6.45, 7) is 5.67. The first-order valence-electron chi connectivity index (χ1n) is 6.75. The lowest BCUT2D eigenvalue weighted by Gasteiger charge is -2.23. The van der Waals surface area contributed by atoms with Crippen molar-refractivity contribution in [1.29, 1.82) is 5.26 Å². The Morgan fingerprint density at radius 3 is 2.95 bits per heavy atom. The Morgan fingerprint density at radius 2 is 2.21 bits per heavy atom. The van der Waals surface area contributed by atoms with Gasteiger partial charge in [0.05, 0.1) is 17.8 Å². The lowest BCUT2D eigenvalue weighted by Crippen LogP contribution is -2.42. The van der Waals surface area contributed by atoms with Gasteiger partial charge in [-0.2, -0.15) is 10.4 Å². The van der Waals surface area contributed by atoms with E-state index in [-0.39, 0.29) is 0 Å². The Labute approximate surface area is 114 Å². The molecule has 0 spiro atoms. The molecule has 4 nitrogen and oxygen atoms in total. The monoisotopic (exact) mass is 256 g/mol. The van der Waals surface area contributed by atoms with Crippen LogP contribution in [-0.4, -0.2) is 21.9 Å². The second kappa shape index (κ2) is 5.85. The highest BCUT2D eigenvalue weighted by Gasteiger charge is 2.22. The summed E-state index contributed by atoms with van der Waals surface area (Å²) in [6, 6.07) is 10.5. The average Bonchev–Trinajstić information content (AvgIpc) is 2.86. The van der Waals surface area contributed by atoms with Crippen molar-refractivity contribution in [3.05, 3.63) is 30.5 Å². The van der Waals surface area contributed by atoms with Crippen LogP contribution in [0.25, 0.3) is 10.9 Å². The molecule has 1 atom stereocenters. The topological polar surface area (TPSA) is 53.6 Å². The third-order valence-electron chi connectivity index (χ3n) is 3.39. The Bertz CT molecular complexity index is 581. The number of benzene rings is 1. The van der Waals surface area contributed by atoms with Gasteiger partial charge in [0, 0.05) is 11.9 Å².